The normalized spacial score (nSPS) is 12.7. The number of nitrogens with zero attached hydrogens (tertiary/aromatic N) is 3. The zero-order chi connectivity index (χ0) is 10.7. The lowest BCUT2D eigenvalue weighted by molar-refractivity contribution is 0.854. The molecule has 4 nitrogen and oxygen atoms in total. The minimum Gasteiger partial charge on any atom is -0.283 e. The van der Waals surface area contributed by atoms with Crippen molar-refractivity contribution < 1.29 is 0 Å². The SMILES string of the molecule is C=c1cnn(-c2cn[nH]c2)/c1=C/C=C\C. The number of hydrogen-bond acceptors (Lipinski definition) is 2. The Morgan fingerprint density at radius 3 is 3.00 bits per heavy atom. The Bertz CT molecular complexity index is 560. The summed E-state index contributed by atoms with van der Waals surface area (Å²) in [6.07, 6.45) is 11.2. The molecule has 0 aromatic carbocycles. The van der Waals surface area contributed by atoms with Crippen molar-refractivity contribution in [2.75, 3.05) is 0 Å². The standard InChI is InChI=1S/C11H12N4/c1-3-4-5-11-9(2)6-14-15(11)10-7-12-13-8-10/h3-8H,2H2,1H3,(H,12,13)/b4-3-,11-5+. The highest BCUT2D eigenvalue weighted by Gasteiger charge is 1.99. The summed E-state index contributed by atoms with van der Waals surface area (Å²) >= 11 is 0. The molecule has 1 N–H and O–H groups in total. The molecule has 0 amide bonds. The van der Waals surface area contributed by atoms with Gasteiger partial charge in [-0.25, -0.2) is 4.68 Å². The van der Waals surface area contributed by atoms with Gasteiger partial charge in [0.05, 0.1) is 17.7 Å². The van der Waals surface area contributed by atoms with E-state index in [1.807, 2.05) is 25.2 Å². The Hall–Kier alpha value is -2.10. The summed E-state index contributed by atoms with van der Waals surface area (Å²) in [7, 11) is 0. The van der Waals surface area contributed by atoms with Crippen molar-refractivity contribution in [2.24, 2.45) is 0 Å². The number of nitrogens with one attached hydrogen (secondary N) is 1. The van der Waals surface area contributed by atoms with Crippen LogP contribution in [0.25, 0.3) is 18.3 Å². The van der Waals surface area contributed by atoms with E-state index in [0.29, 0.717) is 0 Å². The lowest BCUT2D eigenvalue weighted by Gasteiger charge is -1.94. The van der Waals surface area contributed by atoms with Crippen LogP contribution in [0.3, 0.4) is 0 Å². The molecule has 2 aromatic heterocycles. The number of hydrogen-bond donors (Lipinski definition) is 1. The van der Waals surface area contributed by atoms with E-state index in [4.69, 9.17) is 0 Å². The fraction of sp³-hybridized carbons (Fsp3) is 0.0909. The minimum absolute atomic E-state index is 0.898. The smallest absolute Gasteiger partial charge is 0.103 e. The van der Waals surface area contributed by atoms with Gasteiger partial charge >= 0.3 is 0 Å². The van der Waals surface area contributed by atoms with Crippen molar-refractivity contribution >= 4 is 12.7 Å². The molecule has 2 heterocycles. The molecule has 2 rings (SSSR count). The molecule has 0 unspecified atom stereocenters. The molecule has 2 aromatic rings. The first kappa shape index (κ1) is 9.45. The van der Waals surface area contributed by atoms with Gasteiger partial charge in [-0.05, 0) is 13.0 Å². The van der Waals surface area contributed by atoms with Crippen molar-refractivity contribution in [3.63, 3.8) is 0 Å². The van der Waals surface area contributed by atoms with Crippen molar-refractivity contribution in [3.05, 3.63) is 41.3 Å². The topological polar surface area (TPSA) is 46.5 Å². The molecule has 0 saturated heterocycles. The summed E-state index contributed by atoms with van der Waals surface area (Å²) in [4.78, 5) is 0. The number of rotatable bonds is 2. The summed E-state index contributed by atoms with van der Waals surface area (Å²) in [5.74, 6) is 0. The maximum Gasteiger partial charge on any atom is 0.103 e. The lowest BCUT2D eigenvalue weighted by Crippen LogP contribution is -2.26. The highest BCUT2D eigenvalue weighted by Crippen LogP contribution is 1.95. The quantitative estimate of drug-likeness (QED) is 0.761. The zero-order valence-electron chi connectivity index (χ0n) is 8.51. The molecule has 0 aliphatic heterocycles. The fourth-order valence-electron chi connectivity index (χ4n) is 1.32. The first-order valence-corrected chi connectivity index (χ1v) is 4.68. The van der Waals surface area contributed by atoms with Gasteiger partial charge in [-0.3, -0.25) is 5.10 Å². The molecule has 0 atom stereocenters. The van der Waals surface area contributed by atoms with Crippen LogP contribution in [0.5, 0.6) is 0 Å². The first-order valence-electron chi connectivity index (χ1n) is 4.68. The largest absolute Gasteiger partial charge is 0.283 e. The summed E-state index contributed by atoms with van der Waals surface area (Å²) in [5, 5.41) is 12.8. The molecular formula is C11H12N4. The van der Waals surface area contributed by atoms with Gasteiger partial charge in [0, 0.05) is 11.4 Å². The van der Waals surface area contributed by atoms with Crippen LogP contribution < -0.4 is 10.6 Å². The molecule has 0 aliphatic rings. The molecule has 0 aliphatic carbocycles. The van der Waals surface area contributed by atoms with E-state index >= 15 is 0 Å². The Labute approximate surface area is 87.2 Å². The highest BCUT2D eigenvalue weighted by atomic mass is 15.3. The second-order valence-corrected chi connectivity index (χ2v) is 3.12. The zero-order valence-corrected chi connectivity index (χ0v) is 8.51. The number of aromatic nitrogens is 4. The van der Waals surface area contributed by atoms with Crippen LogP contribution in [0.1, 0.15) is 6.92 Å². The van der Waals surface area contributed by atoms with E-state index in [0.717, 1.165) is 16.3 Å². The Balaban J connectivity index is 2.64. The number of aromatic amines is 1. The van der Waals surface area contributed by atoms with Gasteiger partial charge in [0.15, 0.2) is 0 Å². The second-order valence-electron chi connectivity index (χ2n) is 3.12. The molecule has 0 fully saturated rings. The van der Waals surface area contributed by atoms with Crippen molar-refractivity contribution in [2.45, 2.75) is 6.92 Å². The third-order valence-electron chi connectivity index (χ3n) is 2.06. The average Bonchev–Trinajstić information content (AvgIpc) is 2.84. The van der Waals surface area contributed by atoms with Crippen LogP contribution in [0.4, 0.5) is 0 Å². The van der Waals surface area contributed by atoms with Gasteiger partial charge in [0.1, 0.15) is 5.69 Å². The minimum atomic E-state index is 0.898. The summed E-state index contributed by atoms with van der Waals surface area (Å²) < 4.78 is 1.80. The third-order valence-corrected chi connectivity index (χ3v) is 2.06. The van der Waals surface area contributed by atoms with E-state index < -0.39 is 0 Å². The van der Waals surface area contributed by atoms with Crippen molar-refractivity contribution in [1.82, 2.24) is 20.0 Å². The van der Waals surface area contributed by atoms with E-state index in [2.05, 4.69) is 21.9 Å². The van der Waals surface area contributed by atoms with E-state index in [-0.39, 0.29) is 0 Å². The predicted octanol–water partition coefficient (Wildman–Crippen LogP) is 0.362. The van der Waals surface area contributed by atoms with Crippen LogP contribution in [0.15, 0.2) is 30.7 Å². The highest BCUT2D eigenvalue weighted by molar-refractivity contribution is 5.37. The van der Waals surface area contributed by atoms with E-state index in [9.17, 15) is 0 Å². The van der Waals surface area contributed by atoms with Crippen LogP contribution >= 0.6 is 0 Å². The molecule has 76 valence electrons. The molecule has 15 heavy (non-hydrogen) atoms. The summed E-state index contributed by atoms with van der Waals surface area (Å²) in [6.45, 7) is 5.89. The maximum absolute atomic E-state index is 4.24. The first-order chi connectivity index (χ1) is 7.33. The summed E-state index contributed by atoms with van der Waals surface area (Å²) in [5.41, 5.74) is 0.903. The molecule has 0 saturated carbocycles. The monoisotopic (exact) mass is 200 g/mol. The number of H-pyrrole nitrogens is 1. The van der Waals surface area contributed by atoms with E-state index in [1.54, 1.807) is 23.3 Å². The van der Waals surface area contributed by atoms with Gasteiger partial charge in [-0.1, -0.05) is 18.7 Å². The van der Waals surface area contributed by atoms with Gasteiger partial charge in [-0.2, -0.15) is 10.2 Å². The van der Waals surface area contributed by atoms with Crippen molar-refractivity contribution in [1.29, 1.82) is 0 Å². The van der Waals surface area contributed by atoms with E-state index in [1.165, 1.54) is 0 Å². The fourth-order valence-corrected chi connectivity index (χ4v) is 1.32. The third kappa shape index (κ3) is 1.74. The van der Waals surface area contributed by atoms with Crippen LogP contribution in [0, 0.1) is 0 Å². The van der Waals surface area contributed by atoms with Crippen LogP contribution in [-0.2, 0) is 0 Å². The maximum atomic E-state index is 4.24. The van der Waals surface area contributed by atoms with Crippen LogP contribution in [-0.4, -0.2) is 20.0 Å². The summed E-state index contributed by atoms with van der Waals surface area (Å²) in [6, 6.07) is 0. The Morgan fingerprint density at radius 2 is 2.33 bits per heavy atom. The second kappa shape index (κ2) is 3.96. The average molecular weight is 200 g/mol. The molecule has 0 radical (unpaired) electrons. The predicted molar refractivity (Wildman–Crippen MR) is 59.8 cm³/mol. The van der Waals surface area contributed by atoms with Gasteiger partial charge in [-0.15, -0.1) is 0 Å². The van der Waals surface area contributed by atoms with Gasteiger partial charge in [0.2, 0.25) is 0 Å². The lowest BCUT2D eigenvalue weighted by atomic mass is 10.4. The van der Waals surface area contributed by atoms with Gasteiger partial charge < -0.3 is 0 Å². The molecule has 0 bridgehead atoms. The molecule has 4 heteroatoms. The Morgan fingerprint density at radius 1 is 1.47 bits per heavy atom. The van der Waals surface area contributed by atoms with Crippen molar-refractivity contribution in [3.8, 4) is 5.69 Å². The number of allylic oxidation sites excluding steroid dienone is 2. The van der Waals surface area contributed by atoms with Gasteiger partial charge in [0.25, 0.3) is 0 Å². The Kier molecular flexibility index (Phi) is 2.49. The molecular weight excluding hydrogens is 188 g/mol. The van der Waals surface area contributed by atoms with Crippen LogP contribution in [0.2, 0.25) is 0 Å². The molecule has 0 spiro atoms.